The molecule has 2 N–H and O–H groups in total. The number of nitrogens with zero attached hydrogens (tertiary/aromatic N) is 2. The molecule has 1 fully saturated rings. The molecule has 1 heterocycles. The van der Waals surface area contributed by atoms with E-state index in [0.717, 1.165) is 25.2 Å². The summed E-state index contributed by atoms with van der Waals surface area (Å²) in [5, 5.41) is 9.44. The minimum atomic E-state index is 0.200. The van der Waals surface area contributed by atoms with Crippen LogP contribution in [0.3, 0.4) is 0 Å². The van der Waals surface area contributed by atoms with Crippen molar-refractivity contribution in [2.75, 3.05) is 18.0 Å². The quantitative estimate of drug-likeness (QED) is 0.832. The van der Waals surface area contributed by atoms with E-state index >= 15 is 0 Å². The van der Waals surface area contributed by atoms with E-state index in [2.05, 4.69) is 17.9 Å². The molecule has 1 aliphatic rings. The third-order valence-electron chi connectivity index (χ3n) is 3.11. The summed E-state index contributed by atoms with van der Waals surface area (Å²) in [6.45, 7) is 4.00. The fraction of sp³-hybridized carbons (Fsp3) is 0.462. The van der Waals surface area contributed by atoms with Crippen LogP contribution in [0.15, 0.2) is 18.2 Å². The van der Waals surface area contributed by atoms with Gasteiger partial charge in [-0.3, -0.25) is 0 Å². The lowest BCUT2D eigenvalue weighted by molar-refractivity contribution is 0.402. The number of nitrogens with two attached hydrogens (primary N) is 1. The summed E-state index contributed by atoms with van der Waals surface area (Å²) in [7, 11) is 0. The van der Waals surface area contributed by atoms with E-state index in [1.54, 1.807) is 12.1 Å². The van der Waals surface area contributed by atoms with Crippen LogP contribution in [-0.4, -0.2) is 19.1 Å². The lowest BCUT2D eigenvalue weighted by Gasteiger charge is -2.36. The first-order valence-electron chi connectivity index (χ1n) is 5.80. The van der Waals surface area contributed by atoms with Gasteiger partial charge in [-0.15, -0.1) is 0 Å². The summed E-state index contributed by atoms with van der Waals surface area (Å²) in [6.07, 6.45) is 1.06. The highest BCUT2D eigenvalue weighted by Gasteiger charge is 2.23. The van der Waals surface area contributed by atoms with E-state index in [0.29, 0.717) is 16.5 Å². The standard InChI is InChI=1S/C13H16ClN3/c1-9-4-11(16)8-17(7-9)13-3-2-10(6-15)5-12(13)14/h2-3,5,9,11H,4,7-8,16H2,1H3. The maximum atomic E-state index is 8.81. The van der Waals surface area contributed by atoms with E-state index in [1.165, 1.54) is 0 Å². The molecule has 0 aromatic heterocycles. The fourth-order valence-corrected chi connectivity index (χ4v) is 2.73. The monoisotopic (exact) mass is 249 g/mol. The van der Waals surface area contributed by atoms with Crippen molar-refractivity contribution in [2.24, 2.45) is 11.7 Å². The highest BCUT2D eigenvalue weighted by Crippen LogP contribution is 2.30. The molecule has 2 rings (SSSR count). The van der Waals surface area contributed by atoms with Crippen molar-refractivity contribution in [3.05, 3.63) is 28.8 Å². The van der Waals surface area contributed by atoms with Gasteiger partial charge < -0.3 is 10.6 Å². The van der Waals surface area contributed by atoms with Crippen molar-refractivity contribution < 1.29 is 0 Å². The number of hydrogen-bond donors (Lipinski definition) is 1. The van der Waals surface area contributed by atoms with Crippen molar-refractivity contribution in [3.63, 3.8) is 0 Å². The van der Waals surface area contributed by atoms with Gasteiger partial charge in [0.15, 0.2) is 0 Å². The maximum Gasteiger partial charge on any atom is 0.0992 e. The Morgan fingerprint density at radius 3 is 2.82 bits per heavy atom. The zero-order valence-corrected chi connectivity index (χ0v) is 10.6. The van der Waals surface area contributed by atoms with E-state index in [4.69, 9.17) is 22.6 Å². The zero-order valence-electron chi connectivity index (χ0n) is 9.86. The van der Waals surface area contributed by atoms with E-state index in [-0.39, 0.29) is 6.04 Å². The molecule has 3 nitrogen and oxygen atoms in total. The number of rotatable bonds is 1. The minimum absolute atomic E-state index is 0.200. The van der Waals surface area contributed by atoms with E-state index in [1.807, 2.05) is 6.07 Å². The van der Waals surface area contributed by atoms with Gasteiger partial charge >= 0.3 is 0 Å². The molecule has 17 heavy (non-hydrogen) atoms. The Kier molecular flexibility index (Phi) is 3.56. The van der Waals surface area contributed by atoms with Crippen LogP contribution in [0.4, 0.5) is 5.69 Å². The second-order valence-corrected chi connectivity index (χ2v) is 5.19. The molecule has 2 atom stereocenters. The Hall–Kier alpha value is -1.24. The van der Waals surface area contributed by atoms with Crippen LogP contribution >= 0.6 is 11.6 Å². The molecule has 0 spiro atoms. The van der Waals surface area contributed by atoms with Crippen LogP contribution in [0, 0.1) is 17.2 Å². The van der Waals surface area contributed by atoms with Crippen LogP contribution in [0.25, 0.3) is 0 Å². The third kappa shape index (κ3) is 2.71. The Morgan fingerprint density at radius 2 is 2.24 bits per heavy atom. The maximum absolute atomic E-state index is 8.81. The van der Waals surface area contributed by atoms with Gasteiger partial charge in [0.05, 0.1) is 22.3 Å². The third-order valence-corrected chi connectivity index (χ3v) is 3.41. The number of halogens is 1. The molecule has 0 aliphatic carbocycles. The van der Waals surface area contributed by atoms with Gasteiger partial charge in [0.1, 0.15) is 0 Å². The predicted octanol–water partition coefficient (Wildman–Crippen LogP) is 2.39. The van der Waals surface area contributed by atoms with Gasteiger partial charge in [-0.1, -0.05) is 18.5 Å². The van der Waals surface area contributed by atoms with Crippen molar-refractivity contribution >= 4 is 17.3 Å². The molecule has 2 unspecified atom stereocenters. The lowest BCUT2D eigenvalue weighted by Crippen LogP contribution is -2.46. The van der Waals surface area contributed by atoms with Crippen LogP contribution in [0.1, 0.15) is 18.9 Å². The van der Waals surface area contributed by atoms with Crippen LogP contribution in [0.5, 0.6) is 0 Å². The molecule has 4 heteroatoms. The second-order valence-electron chi connectivity index (χ2n) is 4.78. The van der Waals surface area contributed by atoms with Crippen molar-refractivity contribution in [1.82, 2.24) is 0 Å². The Balaban J connectivity index is 2.25. The largest absolute Gasteiger partial charge is 0.369 e. The van der Waals surface area contributed by atoms with Gasteiger partial charge in [0.25, 0.3) is 0 Å². The average molecular weight is 250 g/mol. The highest BCUT2D eigenvalue weighted by molar-refractivity contribution is 6.33. The summed E-state index contributed by atoms with van der Waals surface area (Å²) in [5.74, 6) is 0.575. The molecule has 0 saturated carbocycles. The zero-order chi connectivity index (χ0) is 12.4. The molecular weight excluding hydrogens is 234 g/mol. The SMILES string of the molecule is CC1CC(N)CN(c2ccc(C#N)cc2Cl)C1. The summed E-state index contributed by atoms with van der Waals surface area (Å²) in [4.78, 5) is 2.21. The number of hydrogen-bond acceptors (Lipinski definition) is 3. The highest BCUT2D eigenvalue weighted by atomic mass is 35.5. The number of anilines is 1. The average Bonchev–Trinajstić information content (AvgIpc) is 2.27. The van der Waals surface area contributed by atoms with Gasteiger partial charge in [0.2, 0.25) is 0 Å². The first kappa shape index (κ1) is 12.2. The van der Waals surface area contributed by atoms with Crippen LogP contribution in [0.2, 0.25) is 5.02 Å². The molecule has 0 radical (unpaired) electrons. The molecule has 90 valence electrons. The molecular formula is C13H16ClN3. The smallest absolute Gasteiger partial charge is 0.0992 e. The van der Waals surface area contributed by atoms with Crippen LogP contribution in [-0.2, 0) is 0 Å². The van der Waals surface area contributed by atoms with Crippen molar-refractivity contribution in [1.29, 1.82) is 5.26 Å². The molecule has 0 amide bonds. The fourth-order valence-electron chi connectivity index (χ4n) is 2.43. The summed E-state index contributed by atoms with van der Waals surface area (Å²) >= 11 is 6.20. The Labute approximate surface area is 107 Å². The summed E-state index contributed by atoms with van der Waals surface area (Å²) in [6, 6.07) is 7.70. The number of nitriles is 1. The molecule has 1 aromatic carbocycles. The molecule has 1 saturated heterocycles. The Bertz CT molecular complexity index is 442. The summed E-state index contributed by atoms with van der Waals surface area (Å²) < 4.78 is 0. The topological polar surface area (TPSA) is 53.0 Å². The van der Waals surface area contributed by atoms with Crippen molar-refractivity contribution in [3.8, 4) is 6.07 Å². The second kappa shape index (κ2) is 4.95. The first-order valence-corrected chi connectivity index (χ1v) is 6.18. The van der Waals surface area contributed by atoms with E-state index < -0.39 is 0 Å². The summed E-state index contributed by atoms with van der Waals surface area (Å²) in [5.41, 5.74) is 7.59. The molecule has 0 bridgehead atoms. The van der Waals surface area contributed by atoms with Gasteiger partial charge in [-0.05, 0) is 30.5 Å². The normalized spacial score (nSPS) is 24.5. The number of benzene rings is 1. The van der Waals surface area contributed by atoms with Gasteiger partial charge in [-0.2, -0.15) is 5.26 Å². The molecule has 1 aliphatic heterocycles. The van der Waals surface area contributed by atoms with E-state index in [9.17, 15) is 0 Å². The van der Waals surface area contributed by atoms with Gasteiger partial charge in [0, 0.05) is 19.1 Å². The van der Waals surface area contributed by atoms with Crippen LogP contribution < -0.4 is 10.6 Å². The van der Waals surface area contributed by atoms with Gasteiger partial charge in [-0.25, -0.2) is 0 Å². The first-order chi connectivity index (χ1) is 8.10. The van der Waals surface area contributed by atoms with Crippen molar-refractivity contribution in [2.45, 2.75) is 19.4 Å². The predicted molar refractivity (Wildman–Crippen MR) is 70.1 cm³/mol. The minimum Gasteiger partial charge on any atom is -0.369 e. The molecule has 1 aromatic rings. The lowest BCUT2D eigenvalue weighted by atomic mass is 9.96. The number of piperidine rings is 1. The Morgan fingerprint density at radius 1 is 1.47 bits per heavy atom.